The Morgan fingerprint density at radius 1 is 1.39 bits per heavy atom. The van der Waals surface area contributed by atoms with Gasteiger partial charge in [-0.25, -0.2) is 0 Å². The molecule has 0 aliphatic carbocycles. The second kappa shape index (κ2) is 6.69. The van der Waals surface area contributed by atoms with Gasteiger partial charge >= 0.3 is 0 Å². The fourth-order valence-corrected chi connectivity index (χ4v) is 3.59. The third-order valence-electron chi connectivity index (χ3n) is 3.69. The van der Waals surface area contributed by atoms with Crippen molar-refractivity contribution in [3.63, 3.8) is 0 Å². The van der Waals surface area contributed by atoms with Crippen molar-refractivity contribution in [3.8, 4) is 0 Å². The van der Waals surface area contributed by atoms with Gasteiger partial charge in [0, 0.05) is 34.9 Å². The highest BCUT2D eigenvalue weighted by Crippen LogP contribution is 2.24. The number of thiophene rings is 1. The van der Waals surface area contributed by atoms with E-state index in [0.29, 0.717) is 6.04 Å². The quantitative estimate of drug-likeness (QED) is 0.850. The van der Waals surface area contributed by atoms with Crippen LogP contribution < -0.4 is 5.32 Å². The fraction of sp³-hybridized carbons (Fsp3) is 0.733. The molecule has 1 N–H and O–H groups in total. The molecule has 0 radical (unpaired) electrons. The Balaban J connectivity index is 1.87. The van der Waals surface area contributed by atoms with Crippen LogP contribution in [-0.4, -0.2) is 30.1 Å². The largest absolute Gasteiger partial charge is 0.313 e. The number of likely N-dealkylation sites (tertiary alicyclic amines) is 1. The second-order valence-electron chi connectivity index (χ2n) is 5.55. The van der Waals surface area contributed by atoms with Crippen molar-refractivity contribution in [1.29, 1.82) is 0 Å². The van der Waals surface area contributed by atoms with Crippen molar-refractivity contribution >= 4 is 11.3 Å². The van der Waals surface area contributed by atoms with Gasteiger partial charge < -0.3 is 5.32 Å². The molecule has 102 valence electrons. The maximum Gasteiger partial charge on any atom is 0.0331 e. The highest BCUT2D eigenvalue weighted by Gasteiger charge is 2.24. The van der Waals surface area contributed by atoms with E-state index in [1.54, 1.807) is 0 Å². The molecule has 1 aromatic heterocycles. The molecule has 1 aromatic rings. The SMILES string of the molecule is CCc1ccc(CN2CCCC2CNC(C)C)s1. The molecule has 0 spiro atoms. The first-order valence-corrected chi connectivity index (χ1v) is 8.05. The van der Waals surface area contributed by atoms with Gasteiger partial charge in [-0.05, 0) is 37.9 Å². The average molecular weight is 266 g/mol. The lowest BCUT2D eigenvalue weighted by molar-refractivity contribution is 0.238. The van der Waals surface area contributed by atoms with E-state index >= 15 is 0 Å². The van der Waals surface area contributed by atoms with Crippen LogP contribution >= 0.6 is 11.3 Å². The summed E-state index contributed by atoms with van der Waals surface area (Å²) in [6.07, 6.45) is 3.88. The van der Waals surface area contributed by atoms with Crippen LogP contribution in [0, 0.1) is 0 Å². The third-order valence-corrected chi connectivity index (χ3v) is 4.90. The van der Waals surface area contributed by atoms with Crippen LogP contribution in [0.3, 0.4) is 0 Å². The van der Waals surface area contributed by atoms with E-state index in [4.69, 9.17) is 0 Å². The van der Waals surface area contributed by atoms with Crippen LogP contribution in [0.25, 0.3) is 0 Å². The predicted molar refractivity (Wildman–Crippen MR) is 80.3 cm³/mol. The average Bonchev–Trinajstić information content (AvgIpc) is 2.96. The van der Waals surface area contributed by atoms with Crippen LogP contribution in [0.15, 0.2) is 12.1 Å². The Morgan fingerprint density at radius 2 is 2.17 bits per heavy atom. The van der Waals surface area contributed by atoms with Crippen LogP contribution in [0.4, 0.5) is 0 Å². The van der Waals surface area contributed by atoms with Gasteiger partial charge in [0.05, 0.1) is 0 Å². The molecule has 1 aliphatic heterocycles. The Labute approximate surface area is 115 Å². The zero-order valence-corrected chi connectivity index (χ0v) is 12.7. The van der Waals surface area contributed by atoms with Gasteiger partial charge in [-0.2, -0.15) is 0 Å². The monoisotopic (exact) mass is 266 g/mol. The van der Waals surface area contributed by atoms with Gasteiger partial charge in [0.2, 0.25) is 0 Å². The topological polar surface area (TPSA) is 15.3 Å². The van der Waals surface area contributed by atoms with Crippen LogP contribution in [0.5, 0.6) is 0 Å². The highest BCUT2D eigenvalue weighted by atomic mass is 32.1. The number of hydrogen-bond acceptors (Lipinski definition) is 3. The summed E-state index contributed by atoms with van der Waals surface area (Å²) in [5.74, 6) is 0. The summed E-state index contributed by atoms with van der Waals surface area (Å²) >= 11 is 1.98. The van der Waals surface area contributed by atoms with E-state index in [1.165, 1.54) is 35.6 Å². The van der Waals surface area contributed by atoms with Crippen molar-refractivity contribution in [3.05, 3.63) is 21.9 Å². The molecule has 1 saturated heterocycles. The van der Waals surface area contributed by atoms with Crippen LogP contribution in [0.1, 0.15) is 43.4 Å². The molecule has 1 atom stereocenters. The van der Waals surface area contributed by atoms with E-state index < -0.39 is 0 Å². The van der Waals surface area contributed by atoms with Gasteiger partial charge in [-0.3, -0.25) is 4.90 Å². The third kappa shape index (κ3) is 3.81. The van der Waals surface area contributed by atoms with Gasteiger partial charge in [0.15, 0.2) is 0 Å². The van der Waals surface area contributed by atoms with Gasteiger partial charge in [0.1, 0.15) is 0 Å². The van der Waals surface area contributed by atoms with Crippen LogP contribution in [0.2, 0.25) is 0 Å². The number of nitrogens with zero attached hydrogens (tertiary/aromatic N) is 1. The van der Waals surface area contributed by atoms with Crippen molar-refractivity contribution in [2.75, 3.05) is 13.1 Å². The van der Waals surface area contributed by atoms with E-state index in [9.17, 15) is 0 Å². The summed E-state index contributed by atoms with van der Waals surface area (Å²) < 4.78 is 0. The lowest BCUT2D eigenvalue weighted by Crippen LogP contribution is -2.39. The number of hydrogen-bond donors (Lipinski definition) is 1. The van der Waals surface area contributed by atoms with E-state index in [1.807, 2.05) is 11.3 Å². The molecule has 2 heterocycles. The molecule has 0 bridgehead atoms. The molecule has 0 saturated carbocycles. The van der Waals surface area contributed by atoms with Crippen LogP contribution in [-0.2, 0) is 13.0 Å². The van der Waals surface area contributed by atoms with Crippen molar-refractivity contribution in [2.24, 2.45) is 0 Å². The first-order chi connectivity index (χ1) is 8.69. The molecule has 1 unspecified atom stereocenters. The molecule has 1 fully saturated rings. The van der Waals surface area contributed by atoms with E-state index in [2.05, 4.69) is 43.1 Å². The normalized spacial score (nSPS) is 21.0. The van der Waals surface area contributed by atoms with Gasteiger partial charge in [-0.1, -0.05) is 20.8 Å². The maximum atomic E-state index is 3.58. The van der Waals surface area contributed by atoms with E-state index in [0.717, 1.165) is 19.1 Å². The summed E-state index contributed by atoms with van der Waals surface area (Å²) in [4.78, 5) is 5.70. The second-order valence-corrected chi connectivity index (χ2v) is 6.80. The number of nitrogens with one attached hydrogen (secondary N) is 1. The Kier molecular flexibility index (Phi) is 5.22. The Hall–Kier alpha value is -0.380. The molecule has 1 aliphatic rings. The van der Waals surface area contributed by atoms with Crippen molar-refractivity contribution in [1.82, 2.24) is 10.2 Å². The minimum Gasteiger partial charge on any atom is -0.313 e. The molecule has 3 heteroatoms. The summed E-state index contributed by atoms with van der Waals surface area (Å²) in [5.41, 5.74) is 0. The molecule has 0 amide bonds. The molecule has 2 rings (SSSR count). The van der Waals surface area contributed by atoms with E-state index in [-0.39, 0.29) is 0 Å². The van der Waals surface area contributed by atoms with Crippen molar-refractivity contribution < 1.29 is 0 Å². The molecule has 0 aromatic carbocycles. The Bertz CT molecular complexity index is 359. The number of rotatable bonds is 6. The highest BCUT2D eigenvalue weighted by molar-refractivity contribution is 7.11. The summed E-state index contributed by atoms with van der Waals surface area (Å²) in [7, 11) is 0. The minimum absolute atomic E-state index is 0.598. The maximum absolute atomic E-state index is 3.58. The summed E-state index contributed by atoms with van der Waals surface area (Å²) in [6.45, 7) is 10.3. The lowest BCUT2D eigenvalue weighted by Gasteiger charge is -2.25. The van der Waals surface area contributed by atoms with Gasteiger partial charge in [-0.15, -0.1) is 11.3 Å². The Morgan fingerprint density at radius 3 is 2.83 bits per heavy atom. The van der Waals surface area contributed by atoms with Crippen molar-refractivity contribution in [2.45, 2.75) is 58.7 Å². The fourth-order valence-electron chi connectivity index (χ4n) is 2.60. The lowest BCUT2D eigenvalue weighted by atomic mass is 10.2. The zero-order valence-electron chi connectivity index (χ0n) is 11.9. The van der Waals surface area contributed by atoms with Gasteiger partial charge in [0.25, 0.3) is 0 Å². The molecular formula is C15H26N2S. The first kappa shape index (κ1) is 14.0. The smallest absolute Gasteiger partial charge is 0.0331 e. The molecular weight excluding hydrogens is 240 g/mol. The first-order valence-electron chi connectivity index (χ1n) is 7.24. The minimum atomic E-state index is 0.598. The number of aryl methyl sites for hydroxylation is 1. The zero-order chi connectivity index (χ0) is 13.0. The molecule has 2 nitrogen and oxygen atoms in total. The predicted octanol–water partition coefficient (Wildman–Crippen LogP) is 3.27. The summed E-state index contributed by atoms with van der Waals surface area (Å²) in [5, 5.41) is 3.58. The standard InChI is InChI=1S/C15H26N2S/c1-4-14-7-8-15(18-14)11-17-9-5-6-13(17)10-16-12(2)3/h7-8,12-13,16H,4-6,9-11H2,1-3H3. The molecule has 18 heavy (non-hydrogen) atoms. The summed E-state index contributed by atoms with van der Waals surface area (Å²) in [6, 6.07) is 5.94.